The lowest BCUT2D eigenvalue weighted by Crippen LogP contribution is -2.33. The summed E-state index contributed by atoms with van der Waals surface area (Å²) in [5, 5.41) is 9.60. The minimum Gasteiger partial charge on any atom is -0.392 e. The standard InChI is InChI=1S/C9H19NO3S/c1-10(5-6-14(2,12)13)7-9(11)8-3-4-8/h8-9,11H,3-7H2,1-2H3. The third-order valence-electron chi connectivity index (χ3n) is 2.51. The molecule has 0 heterocycles. The lowest BCUT2D eigenvalue weighted by Gasteiger charge is -2.19. The molecule has 1 rings (SSSR count). The van der Waals surface area contributed by atoms with Gasteiger partial charge in [-0.2, -0.15) is 0 Å². The van der Waals surface area contributed by atoms with Crippen LogP contribution in [0, 0.1) is 5.92 Å². The van der Waals surface area contributed by atoms with Crippen LogP contribution in [-0.4, -0.2) is 56.7 Å². The zero-order valence-electron chi connectivity index (χ0n) is 8.81. The Bertz CT molecular complexity index is 272. The lowest BCUT2D eigenvalue weighted by atomic mass is 10.2. The van der Waals surface area contributed by atoms with Gasteiger partial charge in [0, 0.05) is 19.3 Å². The quantitative estimate of drug-likeness (QED) is 0.671. The van der Waals surface area contributed by atoms with Crippen LogP contribution in [-0.2, 0) is 9.84 Å². The molecule has 1 aliphatic carbocycles. The molecular weight excluding hydrogens is 202 g/mol. The van der Waals surface area contributed by atoms with Crippen LogP contribution in [0.1, 0.15) is 12.8 Å². The summed E-state index contributed by atoms with van der Waals surface area (Å²) in [6.07, 6.45) is 3.18. The second kappa shape index (κ2) is 4.59. The first kappa shape index (κ1) is 11.9. The number of hydrogen-bond acceptors (Lipinski definition) is 4. The predicted molar refractivity (Wildman–Crippen MR) is 55.9 cm³/mol. The molecule has 0 aromatic heterocycles. The van der Waals surface area contributed by atoms with Gasteiger partial charge in [0.1, 0.15) is 9.84 Å². The molecule has 1 N–H and O–H groups in total. The van der Waals surface area contributed by atoms with Crippen LogP contribution in [0.5, 0.6) is 0 Å². The molecule has 1 aliphatic rings. The molecule has 0 aliphatic heterocycles. The topological polar surface area (TPSA) is 57.6 Å². The van der Waals surface area contributed by atoms with Crippen molar-refractivity contribution >= 4 is 9.84 Å². The van der Waals surface area contributed by atoms with E-state index in [1.807, 2.05) is 11.9 Å². The molecule has 0 radical (unpaired) electrons. The van der Waals surface area contributed by atoms with Crippen molar-refractivity contribution in [3.8, 4) is 0 Å². The fraction of sp³-hybridized carbons (Fsp3) is 1.00. The molecule has 4 nitrogen and oxygen atoms in total. The normalized spacial score (nSPS) is 20.0. The molecular formula is C9H19NO3S. The largest absolute Gasteiger partial charge is 0.392 e. The zero-order valence-corrected chi connectivity index (χ0v) is 9.63. The van der Waals surface area contributed by atoms with E-state index >= 15 is 0 Å². The van der Waals surface area contributed by atoms with Gasteiger partial charge in [0.15, 0.2) is 0 Å². The van der Waals surface area contributed by atoms with Crippen LogP contribution in [0.15, 0.2) is 0 Å². The summed E-state index contributed by atoms with van der Waals surface area (Å²) in [7, 11) is -1.04. The fourth-order valence-electron chi connectivity index (χ4n) is 1.36. The summed E-state index contributed by atoms with van der Waals surface area (Å²) >= 11 is 0. The third-order valence-corrected chi connectivity index (χ3v) is 3.43. The number of likely N-dealkylation sites (N-methyl/N-ethyl adjacent to an activating group) is 1. The molecule has 1 saturated carbocycles. The predicted octanol–water partition coefficient (Wildman–Crippen LogP) is -0.266. The first-order chi connectivity index (χ1) is 6.38. The summed E-state index contributed by atoms with van der Waals surface area (Å²) in [6, 6.07) is 0. The van der Waals surface area contributed by atoms with E-state index in [9.17, 15) is 13.5 Å². The highest BCUT2D eigenvalue weighted by atomic mass is 32.2. The van der Waals surface area contributed by atoms with Gasteiger partial charge in [0.2, 0.25) is 0 Å². The molecule has 5 heteroatoms. The van der Waals surface area contributed by atoms with Crippen molar-refractivity contribution in [2.75, 3.05) is 32.1 Å². The number of aliphatic hydroxyl groups is 1. The van der Waals surface area contributed by atoms with E-state index in [-0.39, 0.29) is 11.9 Å². The number of hydrogen-bond donors (Lipinski definition) is 1. The smallest absolute Gasteiger partial charge is 0.148 e. The van der Waals surface area contributed by atoms with Crippen molar-refractivity contribution in [3.63, 3.8) is 0 Å². The molecule has 14 heavy (non-hydrogen) atoms. The molecule has 0 aromatic rings. The second-order valence-corrected chi connectivity index (χ2v) is 6.56. The van der Waals surface area contributed by atoms with Crippen LogP contribution in [0.2, 0.25) is 0 Å². The van der Waals surface area contributed by atoms with Crippen molar-refractivity contribution in [2.45, 2.75) is 18.9 Å². The Morgan fingerprint density at radius 2 is 2.07 bits per heavy atom. The van der Waals surface area contributed by atoms with Crippen LogP contribution < -0.4 is 0 Å². The Hall–Kier alpha value is -0.130. The van der Waals surface area contributed by atoms with E-state index in [1.165, 1.54) is 6.26 Å². The molecule has 84 valence electrons. The molecule has 0 spiro atoms. The number of aliphatic hydroxyl groups excluding tert-OH is 1. The van der Waals surface area contributed by atoms with Gasteiger partial charge in [0.05, 0.1) is 11.9 Å². The second-order valence-electron chi connectivity index (χ2n) is 4.30. The van der Waals surface area contributed by atoms with E-state index in [2.05, 4.69) is 0 Å². The summed E-state index contributed by atoms with van der Waals surface area (Å²) in [5.41, 5.74) is 0. The highest BCUT2D eigenvalue weighted by molar-refractivity contribution is 7.90. The number of sulfone groups is 1. The van der Waals surface area contributed by atoms with Crippen molar-refractivity contribution in [1.82, 2.24) is 4.90 Å². The van der Waals surface area contributed by atoms with Gasteiger partial charge in [-0.3, -0.25) is 0 Å². The van der Waals surface area contributed by atoms with Gasteiger partial charge in [-0.15, -0.1) is 0 Å². The van der Waals surface area contributed by atoms with E-state index in [0.29, 0.717) is 19.0 Å². The zero-order chi connectivity index (χ0) is 10.8. The number of nitrogens with zero attached hydrogens (tertiary/aromatic N) is 1. The average molecular weight is 221 g/mol. The minimum absolute atomic E-state index is 0.168. The Kier molecular flexibility index (Phi) is 3.92. The molecule has 0 amide bonds. The highest BCUT2D eigenvalue weighted by Gasteiger charge is 2.30. The molecule has 0 aromatic carbocycles. The van der Waals surface area contributed by atoms with E-state index in [0.717, 1.165) is 12.8 Å². The third kappa shape index (κ3) is 4.93. The van der Waals surface area contributed by atoms with Crippen LogP contribution >= 0.6 is 0 Å². The summed E-state index contributed by atoms with van der Waals surface area (Å²) < 4.78 is 21.8. The van der Waals surface area contributed by atoms with Crippen molar-refractivity contribution in [1.29, 1.82) is 0 Å². The average Bonchev–Trinajstić information content (AvgIpc) is 2.81. The van der Waals surface area contributed by atoms with Crippen molar-refractivity contribution in [3.05, 3.63) is 0 Å². The van der Waals surface area contributed by atoms with Crippen LogP contribution in [0.25, 0.3) is 0 Å². The summed E-state index contributed by atoms with van der Waals surface area (Å²) in [5.74, 6) is 0.622. The molecule has 1 unspecified atom stereocenters. The summed E-state index contributed by atoms with van der Waals surface area (Å²) in [6.45, 7) is 1.09. The Labute approximate surface area is 85.8 Å². The van der Waals surface area contributed by atoms with E-state index < -0.39 is 9.84 Å². The molecule has 0 bridgehead atoms. The number of rotatable bonds is 6. The van der Waals surface area contributed by atoms with Gasteiger partial charge in [-0.05, 0) is 25.8 Å². The van der Waals surface area contributed by atoms with E-state index in [1.54, 1.807) is 0 Å². The Balaban J connectivity index is 2.18. The first-order valence-electron chi connectivity index (χ1n) is 4.93. The van der Waals surface area contributed by atoms with Gasteiger partial charge >= 0.3 is 0 Å². The first-order valence-corrected chi connectivity index (χ1v) is 6.99. The SMILES string of the molecule is CN(CCS(C)(=O)=O)CC(O)C1CC1. The van der Waals surface area contributed by atoms with Crippen molar-refractivity contribution in [2.24, 2.45) is 5.92 Å². The molecule has 1 fully saturated rings. The Morgan fingerprint density at radius 1 is 1.50 bits per heavy atom. The maximum atomic E-state index is 10.9. The van der Waals surface area contributed by atoms with Gasteiger partial charge in [0.25, 0.3) is 0 Å². The Morgan fingerprint density at radius 3 is 2.50 bits per heavy atom. The maximum Gasteiger partial charge on any atom is 0.148 e. The minimum atomic E-state index is -2.88. The molecule has 0 saturated heterocycles. The highest BCUT2D eigenvalue weighted by Crippen LogP contribution is 2.32. The molecule has 1 atom stereocenters. The van der Waals surface area contributed by atoms with Crippen LogP contribution in [0.3, 0.4) is 0 Å². The van der Waals surface area contributed by atoms with Gasteiger partial charge < -0.3 is 10.0 Å². The maximum absolute atomic E-state index is 10.9. The fourth-order valence-corrected chi connectivity index (χ4v) is 2.01. The van der Waals surface area contributed by atoms with Gasteiger partial charge in [-0.25, -0.2) is 8.42 Å². The van der Waals surface area contributed by atoms with Crippen LogP contribution in [0.4, 0.5) is 0 Å². The monoisotopic (exact) mass is 221 g/mol. The summed E-state index contributed by atoms with van der Waals surface area (Å²) in [4.78, 5) is 1.88. The van der Waals surface area contributed by atoms with Gasteiger partial charge in [-0.1, -0.05) is 0 Å². The van der Waals surface area contributed by atoms with E-state index in [4.69, 9.17) is 0 Å². The lowest BCUT2D eigenvalue weighted by molar-refractivity contribution is 0.109. The van der Waals surface area contributed by atoms with Crippen molar-refractivity contribution < 1.29 is 13.5 Å².